The Morgan fingerprint density at radius 3 is 2.30 bits per heavy atom. The van der Waals surface area contributed by atoms with E-state index in [-0.39, 0.29) is 17.7 Å². The topological polar surface area (TPSA) is 94.1 Å². The fourth-order valence-corrected chi connectivity index (χ4v) is 9.09. The molecule has 2 N–H and O–H groups in total. The maximum Gasteiger partial charge on any atom is 0.513 e. The number of hydrogen-bond donors (Lipinski definition) is 2. The molecule has 1 spiro atoms. The molecule has 44 heavy (non-hydrogen) atoms. The van der Waals surface area contributed by atoms with Crippen LogP contribution in [0.4, 0.5) is 4.79 Å². The number of ketones is 1. The zero-order chi connectivity index (χ0) is 30.6. The summed E-state index contributed by atoms with van der Waals surface area (Å²) in [7, 11) is 0. The molecule has 5 aliphatic rings. The van der Waals surface area contributed by atoms with E-state index in [0.717, 1.165) is 43.4 Å². The first-order valence-electron chi connectivity index (χ1n) is 18.1. The van der Waals surface area contributed by atoms with Gasteiger partial charge in [-0.2, -0.15) is 0 Å². The molecule has 7 nitrogen and oxygen atoms in total. The van der Waals surface area contributed by atoms with Crippen LogP contribution in [0.3, 0.4) is 0 Å². The van der Waals surface area contributed by atoms with Gasteiger partial charge in [0.2, 0.25) is 0 Å². The second kappa shape index (κ2) is 14.1. The summed E-state index contributed by atoms with van der Waals surface area (Å²) in [4.78, 5) is 26.2. The average molecular weight is 610 g/mol. The zero-order valence-electron chi connectivity index (χ0n) is 27.0. The fraction of sp³-hybridized carbons (Fsp3) is 0.784. The Morgan fingerprint density at radius 1 is 0.977 bits per heavy atom. The van der Waals surface area contributed by atoms with Gasteiger partial charge in [-0.1, -0.05) is 109 Å². The second-order valence-corrected chi connectivity index (χ2v) is 14.5. The number of carbonyl (C=O) groups excluding carboxylic acids is 2. The molecule has 1 saturated heterocycles. The third-order valence-electron chi connectivity index (χ3n) is 11.5. The van der Waals surface area contributed by atoms with Crippen LogP contribution in [0.25, 0.3) is 0 Å². The first-order valence-corrected chi connectivity index (χ1v) is 18.1. The van der Waals surface area contributed by atoms with Crippen molar-refractivity contribution in [2.24, 2.45) is 11.8 Å². The highest BCUT2D eigenvalue weighted by molar-refractivity contribution is 5.90. The fourth-order valence-electron chi connectivity index (χ4n) is 9.09. The summed E-state index contributed by atoms with van der Waals surface area (Å²) >= 11 is 0. The molecule has 3 fully saturated rings. The molecule has 5 unspecified atom stereocenters. The normalized spacial score (nSPS) is 29.7. The molecule has 1 aromatic carbocycles. The van der Waals surface area contributed by atoms with Crippen molar-refractivity contribution in [2.75, 3.05) is 13.2 Å². The SMILES string of the molecule is CCCCCCCCCCCCCCCCOC(=O)Oc1ccc2c3c1OC1C(=O)CCC4(O)C(C2)NCC(CC2CC2)C314. The van der Waals surface area contributed by atoms with E-state index < -0.39 is 23.3 Å². The standard InChI is InChI=1S/C37H55NO6/c1-2-3-4-5-6-7-8-9-10-11-12-13-14-15-22-42-35(40)43-30-19-18-27-24-31-36(41)21-20-29(39)34-37(36,32(27)33(30)44-34)28(25-38-31)23-26-16-17-26/h18-19,26,28,31,34,38,41H,2-17,20-25H2,1H3. The summed E-state index contributed by atoms with van der Waals surface area (Å²) in [6, 6.07) is 3.66. The van der Waals surface area contributed by atoms with Crippen molar-refractivity contribution in [2.45, 2.75) is 159 Å². The van der Waals surface area contributed by atoms with Crippen LogP contribution in [0.15, 0.2) is 12.1 Å². The molecule has 5 atom stereocenters. The van der Waals surface area contributed by atoms with E-state index in [1.165, 1.54) is 83.5 Å². The number of benzene rings is 1. The van der Waals surface area contributed by atoms with E-state index in [0.29, 0.717) is 43.3 Å². The summed E-state index contributed by atoms with van der Waals surface area (Å²) in [5, 5.41) is 16.0. The van der Waals surface area contributed by atoms with Gasteiger partial charge in [0.15, 0.2) is 23.4 Å². The van der Waals surface area contributed by atoms with Crippen LogP contribution < -0.4 is 14.8 Å². The number of aliphatic hydroxyl groups is 1. The zero-order valence-corrected chi connectivity index (χ0v) is 27.0. The van der Waals surface area contributed by atoms with Gasteiger partial charge in [0.05, 0.1) is 17.6 Å². The highest BCUT2D eigenvalue weighted by Crippen LogP contribution is 2.66. The van der Waals surface area contributed by atoms with Crippen molar-refractivity contribution in [3.8, 4) is 11.5 Å². The van der Waals surface area contributed by atoms with Gasteiger partial charge in [-0.3, -0.25) is 4.79 Å². The van der Waals surface area contributed by atoms with Crippen molar-refractivity contribution in [3.63, 3.8) is 0 Å². The van der Waals surface area contributed by atoms with E-state index in [1.54, 1.807) is 6.07 Å². The van der Waals surface area contributed by atoms with Gasteiger partial charge in [-0.25, -0.2) is 4.79 Å². The van der Waals surface area contributed by atoms with Crippen molar-refractivity contribution >= 4 is 11.9 Å². The highest BCUT2D eigenvalue weighted by Gasteiger charge is 2.75. The van der Waals surface area contributed by atoms with Crippen LogP contribution in [0.2, 0.25) is 0 Å². The lowest BCUT2D eigenvalue weighted by Crippen LogP contribution is -2.79. The Balaban J connectivity index is 0.980. The lowest BCUT2D eigenvalue weighted by atomic mass is 9.45. The van der Waals surface area contributed by atoms with Crippen LogP contribution in [0.1, 0.15) is 140 Å². The van der Waals surface area contributed by atoms with E-state index >= 15 is 0 Å². The summed E-state index contributed by atoms with van der Waals surface area (Å²) in [5.74, 6) is 1.55. The predicted molar refractivity (Wildman–Crippen MR) is 170 cm³/mol. The van der Waals surface area contributed by atoms with Gasteiger partial charge < -0.3 is 24.6 Å². The van der Waals surface area contributed by atoms with Crippen molar-refractivity contribution < 1.29 is 28.9 Å². The molecule has 3 aliphatic carbocycles. The van der Waals surface area contributed by atoms with Gasteiger partial charge in [0.1, 0.15) is 0 Å². The van der Waals surface area contributed by atoms with Crippen LogP contribution in [0, 0.1) is 11.8 Å². The summed E-state index contributed by atoms with van der Waals surface area (Å²) < 4.78 is 17.7. The number of ether oxygens (including phenoxy) is 3. The minimum atomic E-state index is -1.06. The molecule has 2 saturated carbocycles. The van der Waals surface area contributed by atoms with Crippen LogP contribution in [-0.4, -0.2) is 47.9 Å². The number of rotatable bonds is 18. The highest BCUT2D eigenvalue weighted by atomic mass is 16.7. The van der Waals surface area contributed by atoms with Crippen LogP contribution in [-0.2, 0) is 21.4 Å². The number of unbranched alkanes of at least 4 members (excludes halogenated alkanes) is 13. The molecule has 2 heterocycles. The van der Waals surface area contributed by atoms with Crippen molar-refractivity contribution in [3.05, 3.63) is 23.3 Å². The van der Waals surface area contributed by atoms with Crippen molar-refractivity contribution in [1.29, 1.82) is 0 Å². The third-order valence-corrected chi connectivity index (χ3v) is 11.5. The molecule has 0 radical (unpaired) electrons. The first-order chi connectivity index (χ1) is 21.5. The monoisotopic (exact) mass is 609 g/mol. The molecule has 0 aromatic heterocycles. The quantitative estimate of drug-likeness (QED) is 0.1000. The predicted octanol–water partition coefficient (Wildman–Crippen LogP) is 7.72. The van der Waals surface area contributed by atoms with Gasteiger partial charge in [0, 0.05) is 18.0 Å². The Kier molecular flexibility index (Phi) is 10.2. The van der Waals surface area contributed by atoms with Gasteiger partial charge in [0.25, 0.3) is 0 Å². The smallest absolute Gasteiger partial charge is 0.477 e. The molecule has 2 bridgehead atoms. The Labute approximate surface area is 264 Å². The van der Waals surface area contributed by atoms with E-state index in [9.17, 15) is 14.7 Å². The van der Waals surface area contributed by atoms with E-state index in [4.69, 9.17) is 14.2 Å². The minimum absolute atomic E-state index is 0.0477. The number of piperidine rings is 1. The second-order valence-electron chi connectivity index (χ2n) is 14.5. The summed E-state index contributed by atoms with van der Waals surface area (Å²) in [6.45, 7) is 3.37. The molecule has 2 aliphatic heterocycles. The maximum absolute atomic E-state index is 13.4. The molecule has 6 rings (SSSR count). The molecular weight excluding hydrogens is 554 g/mol. The van der Waals surface area contributed by atoms with Crippen LogP contribution in [0.5, 0.6) is 11.5 Å². The Morgan fingerprint density at radius 2 is 1.64 bits per heavy atom. The van der Waals surface area contributed by atoms with Crippen molar-refractivity contribution in [1.82, 2.24) is 5.32 Å². The number of Topliss-reactive ketones (excluding diaryl/α,β-unsaturated/α-hetero) is 1. The summed E-state index contributed by atoms with van der Waals surface area (Å²) in [5.41, 5.74) is 0.150. The minimum Gasteiger partial charge on any atom is -0.477 e. The van der Waals surface area contributed by atoms with E-state index in [2.05, 4.69) is 12.2 Å². The number of hydrogen-bond acceptors (Lipinski definition) is 7. The lowest BCUT2D eigenvalue weighted by Gasteiger charge is -2.63. The number of nitrogens with one attached hydrogen (secondary N) is 1. The van der Waals surface area contributed by atoms with E-state index in [1.807, 2.05) is 6.07 Å². The number of carbonyl (C=O) groups is 2. The molecule has 0 amide bonds. The molecular formula is C37H55NO6. The van der Waals surface area contributed by atoms with Gasteiger partial charge >= 0.3 is 6.16 Å². The maximum atomic E-state index is 13.4. The van der Waals surface area contributed by atoms with Gasteiger partial charge in [-0.05, 0) is 55.7 Å². The molecule has 1 aromatic rings. The Bertz CT molecular complexity index is 1160. The summed E-state index contributed by atoms with van der Waals surface area (Å²) in [6.07, 6.45) is 21.2. The molecule has 7 heteroatoms. The Hall–Kier alpha value is -2.12. The lowest BCUT2D eigenvalue weighted by molar-refractivity contribution is -0.181. The average Bonchev–Trinajstić information content (AvgIpc) is 3.75. The largest absolute Gasteiger partial charge is 0.513 e. The van der Waals surface area contributed by atoms with Gasteiger partial charge in [-0.15, -0.1) is 0 Å². The molecule has 244 valence electrons. The van der Waals surface area contributed by atoms with Crippen LogP contribution >= 0.6 is 0 Å². The first kappa shape index (κ1) is 31.8. The third kappa shape index (κ3) is 6.17.